The Morgan fingerprint density at radius 2 is 2.04 bits per heavy atom. The van der Waals surface area contributed by atoms with Crippen molar-refractivity contribution in [2.24, 2.45) is 0 Å². The number of hydrogen-bond acceptors (Lipinski definition) is 4. The number of carbonyl (C=O) groups is 1. The van der Waals surface area contributed by atoms with E-state index >= 15 is 0 Å². The van der Waals surface area contributed by atoms with Gasteiger partial charge in [-0.1, -0.05) is 6.07 Å². The summed E-state index contributed by atoms with van der Waals surface area (Å²) in [5, 5.41) is 13.3. The average molecular weight is 342 g/mol. The second kappa shape index (κ2) is 6.22. The van der Waals surface area contributed by atoms with Gasteiger partial charge in [0.2, 0.25) is 5.88 Å². The third-order valence-electron chi connectivity index (χ3n) is 4.10. The molecular formula is C20H14N4O2. The number of benzene rings is 1. The Morgan fingerprint density at radius 1 is 1.23 bits per heavy atom. The van der Waals surface area contributed by atoms with E-state index in [0.29, 0.717) is 17.3 Å². The Balaban J connectivity index is 1.71. The summed E-state index contributed by atoms with van der Waals surface area (Å²) in [7, 11) is 0. The molecule has 0 atom stereocenters. The van der Waals surface area contributed by atoms with Crippen LogP contribution in [0.1, 0.15) is 21.7 Å². The molecule has 26 heavy (non-hydrogen) atoms. The Hall–Kier alpha value is -3.85. The van der Waals surface area contributed by atoms with Crippen molar-refractivity contribution in [3.05, 3.63) is 77.9 Å². The maximum atomic E-state index is 12.8. The monoisotopic (exact) mass is 342 g/mol. The van der Waals surface area contributed by atoms with Gasteiger partial charge in [0, 0.05) is 29.7 Å². The first-order valence-corrected chi connectivity index (χ1v) is 8.00. The fourth-order valence-electron chi connectivity index (χ4n) is 2.91. The smallest absolute Gasteiger partial charge is 0.260 e. The summed E-state index contributed by atoms with van der Waals surface area (Å²) >= 11 is 0. The molecule has 4 rings (SSSR count). The second-order valence-electron chi connectivity index (χ2n) is 5.78. The summed E-state index contributed by atoms with van der Waals surface area (Å²) in [6.07, 6.45) is 5.24. The minimum Gasteiger partial charge on any atom is -0.443 e. The lowest BCUT2D eigenvalue weighted by molar-refractivity contribution is 0.102. The van der Waals surface area contributed by atoms with Gasteiger partial charge in [0.25, 0.3) is 5.91 Å². The third-order valence-corrected chi connectivity index (χ3v) is 4.10. The highest BCUT2D eigenvalue weighted by Gasteiger charge is 2.24. The predicted molar refractivity (Wildman–Crippen MR) is 97.2 cm³/mol. The summed E-state index contributed by atoms with van der Waals surface area (Å²) in [5.74, 6) is 0.345. The van der Waals surface area contributed by atoms with Crippen LogP contribution in [0.5, 0.6) is 0 Å². The van der Waals surface area contributed by atoms with Crippen LogP contribution in [0.25, 0.3) is 16.8 Å². The minimum atomic E-state index is -0.385. The van der Waals surface area contributed by atoms with E-state index in [1.807, 2.05) is 36.4 Å². The van der Waals surface area contributed by atoms with Crippen molar-refractivity contribution in [2.75, 3.05) is 5.32 Å². The normalized spacial score (nSPS) is 10.6. The highest BCUT2D eigenvalue weighted by Crippen LogP contribution is 2.26. The molecule has 3 heterocycles. The lowest BCUT2D eigenvalue weighted by Crippen LogP contribution is -2.14. The van der Waals surface area contributed by atoms with Crippen molar-refractivity contribution >= 4 is 22.5 Å². The van der Waals surface area contributed by atoms with Crippen LogP contribution < -0.4 is 5.32 Å². The lowest BCUT2D eigenvalue weighted by Gasteiger charge is -2.06. The molecule has 0 aliphatic rings. The van der Waals surface area contributed by atoms with Gasteiger partial charge < -0.3 is 9.73 Å². The summed E-state index contributed by atoms with van der Waals surface area (Å²) < 4.78 is 7.35. The number of anilines is 1. The van der Waals surface area contributed by atoms with Crippen molar-refractivity contribution in [1.29, 1.82) is 5.26 Å². The van der Waals surface area contributed by atoms with Gasteiger partial charge in [-0.2, -0.15) is 5.26 Å². The molecule has 6 heteroatoms. The number of aromatic nitrogens is 2. The topological polar surface area (TPSA) is 83.8 Å². The first-order valence-electron chi connectivity index (χ1n) is 8.00. The lowest BCUT2D eigenvalue weighted by atomic mass is 10.1. The Bertz CT molecular complexity index is 1150. The molecule has 1 N–H and O–H groups in total. The Morgan fingerprint density at radius 3 is 2.81 bits per heavy atom. The van der Waals surface area contributed by atoms with Crippen molar-refractivity contribution < 1.29 is 9.21 Å². The zero-order chi connectivity index (χ0) is 18.1. The van der Waals surface area contributed by atoms with Gasteiger partial charge in [0.1, 0.15) is 23.0 Å². The SMILES string of the molecule is Cc1oc(-n2cccc2)c(C#N)c1C(=O)Nc1ccc2ncccc2c1. The number of nitrogens with one attached hydrogen (secondary N) is 1. The molecule has 0 aliphatic carbocycles. The number of carbonyl (C=O) groups excluding carboxylic acids is 1. The molecular weight excluding hydrogens is 328 g/mol. The summed E-state index contributed by atoms with van der Waals surface area (Å²) in [6, 6.07) is 14.9. The zero-order valence-electron chi connectivity index (χ0n) is 13.9. The van der Waals surface area contributed by atoms with E-state index in [0.717, 1.165) is 10.9 Å². The van der Waals surface area contributed by atoms with Gasteiger partial charge in [-0.3, -0.25) is 14.3 Å². The molecule has 126 valence electrons. The number of rotatable bonds is 3. The first kappa shape index (κ1) is 15.7. The van der Waals surface area contributed by atoms with Gasteiger partial charge in [-0.05, 0) is 43.3 Å². The van der Waals surface area contributed by atoms with E-state index in [1.165, 1.54) is 0 Å². The maximum absolute atomic E-state index is 12.8. The van der Waals surface area contributed by atoms with Crippen LogP contribution in [-0.4, -0.2) is 15.5 Å². The zero-order valence-corrected chi connectivity index (χ0v) is 13.9. The molecule has 3 aromatic heterocycles. The number of nitrogens with zero attached hydrogens (tertiary/aromatic N) is 3. The van der Waals surface area contributed by atoms with Gasteiger partial charge >= 0.3 is 0 Å². The van der Waals surface area contributed by atoms with Crippen molar-refractivity contribution in [2.45, 2.75) is 6.92 Å². The standard InChI is InChI=1S/C20H14N4O2/c1-13-18(16(12-21)20(26-13)24-9-2-3-10-24)19(25)23-15-6-7-17-14(11-15)5-4-8-22-17/h2-11H,1H3,(H,23,25). The number of pyridine rings is 1. The predicted octanol–water partition coefficient (Wildman–Crippen LogP) is 4.05. The van der Waals surface area contributed by atoms with Crippen LogP contribution in [-0.2, 0) is 0 Å². The Kier molecular flexibility index (Phi) is 3.75. The number of fused-ring (bicyclic) bond motifs is 1. The molecule has 1 amide bonds. The third kappa shape index (κ3) is 2.62. The minimum absolute atomic E-state index is 0.207. The van der Waals surface area contributed by atoms with Crippen LogP contribution in [0.3, 0.4) is 0 Å². The molecule has 0 spiro atoms. The van der Waals surface area contributed by atoms with E-state index < -0.39 is 0 Å². The molecule has 0 fully saturated rings. The van der Waals surface area contributed by atoms with E-state index in [1.54, 1.807) is 36.1 Å². The summed E-state index contributed by atoms with van der Waals surface area (Å²) in [6.45, 7) is 1.67. The first-order chi connectivity index (χ1) is 12.7. The molecule has 0 saturated carbocycles. The fourth-order valence-corrected chi connectivity index (χ4v) is 2.91. The summed E-state index contributed by atoms with van der Waals surface area (Å²) in [5.41, 5.74) is 1.92. The Labute approximate surface area is 149 Å². The fraction of sp³-hybridized carbons (Fsp3) is 0.0500. The molecule has 0 saturated heterocycles. The highest BCUT2D eigenvalue weighted by molar-refractivity contribution is 6.07. The van der Waals surface area contributed by atoms with Gasteiger partial charge in [-0.25, -0.2) is 0 Å². The molecule has 6 nitrogen and oxygen atoms in total. The van der Waals surface area contributed by atoms with Crippen LogP contribution in [0.4, 0.5) is 5.69 Å². The molecule has 0 bridgehead atoms. The van der Waals surface area contributed by atoms with E-state index in [-0.39, 0.29) is 17.0 Å². The number of hydrogen-bond donors (Lipinski definition) is 1. The van der Waals surface area contributed by atoms with Crippen LogP contribution in [0.15, 0.2) is 65.5 Å². The second-order valence-corrected chi connectivity index (χ2v) is 5.78. The van der Waals surface area contributed by atoms with E-state index in [4.69, 9.17) is 4.42 Å². The number of aryl methyl sites for hydroxylation is 1. The van der Waals surface area contributed by atoms with Crippen molar-refractivity contribution in [3.63, 3.8) is 0 Å². The average Bonchev–Trinajstić information content (AvgIpc) is 3.28. The number of furan rings is 1. The highest BCUT2D eigenvalue weighted by atomic mass is 16.4. The molecule has 4 aromatic rings. The van der Waals surface area contributed by atoms with E-state index in [9.17, 15) is 10.1 Å². The van der Waals surface area contributed by atoms with Gasteiger partial charge in [0.05, 0.1) is 5.52 Å². The maximum Gasteiger partial charge on any atom is 0.260 e. The summed E-state index contributed by atoms with van der Waals surface area (Å²) in [4.78, 5) is 17.0. The number of amides is 1. The van der Waals surface area contributed by atoms with Crippen LogP contribution in [0.2, 0.25) is 0 Å². The molecule has 0 unspecified atom stereocenters. The van der Waals surface area contributed by atoms with Crippen LogP contribution in [0, 0.1) is 18.3 Å². The van der Waals surface area contributed by atoms with Crippen molar-refractivity contribution in [1.82, 2.24) is 9.55 Å². The molecule has 1 aromatic carbocycles. The van der Waals surface area contributed by atoms with Crippen molar-refractivity contribution in [3.8, 4) is 12.0 Å². The largest absolute Gasteiger partial charge is 0.443 e. The molecule has 0 radical (unpaired) electrons. The quantitative estimate of drug-likeness (QED) is 0.609. The van der Waals surface area contributed by atoms with E-state index in [2.05, 4.69) is 16.4 Å². The van der Waals surface area contributed by atoms with Crippen LogP contribution >= 0.6 is 0 Å². The van der Waals surface area contributed by atoms with Gasteiger partial charge in [-0.15, -0.1) is 0 Å². The molecule has 0 aliphatic heterocycles. The van der Waals surface area contributed by atoms with Gasteiger partial charge in [0.15, 0.2) is 0 Å². The number of nitriles is 1.